The van der Waals surface area contributed by atoms with Gasteiger partial charge in [0.25, 0.3) is 0 Å². The molecular weight excluding hydrogens is 264 g/mol. The van der Waals surface area contributed by atoms with Crippen molar-refractivity contribution in [3.8, 4) is 0 Å². The summed E-state index contributed by atoms with van der Waals surface area (Å²) in [6.07, 6.45) is 0. The summed E-state index contributed by atoms with van der Waals surface area (Å²) in [6, 6.07) is 12.5. The molecule has 0 aromatic heterocycles. The van der Waals surface area contributed by atoms with Crippen molar-refractivity contribution in [2.45, 2.75) is 27.7 Å². The fourth-order valence-corrected chi connectivity index (χ4v) is 2.17. The minimum absolute atomic E-state index is 0.608. The molecule has 0 atom stereocenters. The summed E-state index contributed by atoms with van der Waals surface area (Å²) in [5, 5.41) is 7.03. The van der Waals surface area contributed by atoms with Crippen LogP contribution in [0, 0.1) is 27.7 Å². The molecule has 0 unspecified atom stereocenters. The minimum atomic E-state index is 0.608. The second kappa shape index (κ2) is 6.06. The fourth-order valence-electron chi connectivity index (χ4n) is 1.93. The van der Waals surface area contributed by atoms with E-state index in [-0.39, 0.29) is 0 Å². The lowest BCUT2D eigenvalue weighted by molar-refractivity contribution is 1.34. The van der Waals surface area contributed by atoms with Gasteiger partial charge in [-0.15, -0.1) is 0 Å². The summed E-state index contributed by atoms with van der Waals surface area (Å²) >= 11 is 5.35. The molecule has 0 heterocycles. The number of rotatable bonds is 2. The predicted octanol–water partition coefficient (Wildman–Crippen LogP) is 4.73. The Hall–Kier alpha value is -1.87. The molecule has 0 saturated carbocycles. The van der Waals surface area contributed by atoms with Crippen molar-refractivity contribution >= 4 is 28.7 Å². The van der Waals surface area contributed by atoms with Crippen molar-refractivity contribution in [1.82, 2.24) is 0 Å². The van der Waals surface area contributed by atoms with Crippen LogP contribution >= 0.6 is 12.2 Å². The third-order valence-electron chi connectivity index (χ3n) is 3.53. The molecule has 0 amide bonds. The Morgan fingerprint density at radius 3 is 1.45 bits per heavy atom. The minimum Gasteiger partial charge on any atom is -0.332 e. The molecule has 0 saturated heterocycles. The van der Waals surface area contributed by atoms with Crippen LogP contribution in [0.25, 0.3) is 0 Å². The van der Waals surface area contributed by atoms with E-state index in [1.807, 2.05) is 12.1 Å². The van der Waals surface area contributed by atoms with Gasteiger partial charge in [0, 0.05) is 11.4 Å². The fraction of sp³-hybridized carbons (Fsp3) is 0.235. The van der Waals surface area contributed by atoms with Crippen molar-refractivity contribution in [3.63, 3.8) is 0 Å². The van der Waals surface area contributed by atoms with Crippen molar-refractivity contribution in [3.05, 3.63) is 58.7 Å². The molecule has 0 spiro atoms. The van der Waals surface area contributed by atoms with Gasteiger partial charge in [0.05, 0.1) is 0 Å². The lowest BCUT2D eigenvalue weighted by Gasteiger charge is -2.13. The Morgan fingerprint density at radius 2 is 1.10 bits per heavy atom. The van der Waals surface area contributed by atoms with E-state index in [1.165, 1.54) is 22.3 Å². The number of hydrogen-bond acceptors (Lipinski definition) is 1. The Bertz CT molecular complexity index is 592. The third-order valence-corrected chi connectivity index (χ3v) is 3.73. The molecule has 104 valence electrons. The second-order valence-corrected chi connectivity index (χ2v) is 5.59. The maximum absolute atomic E-state index is 5.35. The maximum Gasteiger partial charge on any atom is 0.175 e. The van der Waals surface area contributed by atoms with Gasteiger partial charge >= 0.3 is 0 Å². The molecule has 2 nitrogen and oxygen atoms in total. The van der Waals surface area contributed by atoms with Crippen LogP contribution in [0.4, 0.5) is 11.4 Å². The molecule has 0 aliphatic carbocycles. The van der Waals surface area contributed by atoms with E-state index in [1.54, 1.807) is 0 Å². The predicted molar refractivity (Wildman–Crippen MR) is 91.7 cm³/mol. The van der Waals surface area contributed by atoms with Gasteiger partial charge in [-0.2, -0.15) is 0 Å². The van der Waals surface area contributed by atoms with Crippen LogP contribution in [0.3, 0.4) is 0 Å². The molecule has 2 N–H and O–H groups in total. The van der Waals surface area contributed by atoms with Crippen molar-refractivity contribution < 1.29 is 0 Å². The number of nitrogens with one attached hydrogen (secondary N) is 2. The van der Waals surface area contributed by atoms with Crippen molar-refractivity contribution in [2.24, 2.45) is 0 Å². The summed E-state index contributed by atoms with van der Waals surface area (Å²) in [7, 11) is 0. The van der Waals surface area contributed by atoms with E-state index in [2.05, 4.69) is 62.6 Å². The maximum atomic E-state index is 5.35. The highest BCUT2D eigenvalue weighted by molar-refractivity contribution is 7.80. The van der Waals surface area contributed by atoms with Crippen LogP contribution in [-0.4, -0.2) is 5.11 Å². The van der Waals surface area contributed by atoms with Crippen molar-refractivity contribution in [2.75, 3.05) is 10.6 Å². The van der Waals surface area contributed by atoms with E-state index in [0.717, 1.165) is 11.4 Å². The summed E-state index contributed by atoms with van der Waals surface area (Å²) < 4.78 is 0. The van der Waals surface area contributed by atoms with E-state index < -0.39 is 0 Å². The summed E-state index contributed by atoms with van der Waals surface area (Å²) in [5.74, 6) is 0. The molecule has 2 aromatic rings. The smallest absolute Gasteiger partial charge is 0.175 e. The topological polar surface area (TPSA) is 24.1 Å². The van der Waals surface area contributed by atoms with Gasteiger partial charge in [-0.1, -0.05) is 12.1 Å². The van der Waals surface area contributed by atoms with Crippen molar-refractivity contribution in [1.29, 1.82) is 0 Å². The van der Waals surface area contributed by atoms with Gasteiger partial charge < -0.3 is 10.6 Å². The molecule has 0 radical (unpaired) electrons. The number of thiocarbonyl (C=S) groups is 1. The van der Waals surface area contributed by atoms with Crippen LogP contribution in [0.2, 0.25) is 0 Å². The van der Waals surface area contributed by atoms with E-state index in [0.29, 0.717) is 5.11 Å². The first-order valence-corrected chi connectivity index (χ1v) is 7.09. The molecule has 2 rings (SSSR count). The summed E-state index contributed by atoms with van der Waals surface area (Å²) in [5.41, 5.74) is 7.09. The summed E-state index contributed by atoms with van der Waals surface area (Å²) in [6.45, 7) is 8.40. The Labute approximate surface area is 126 Å². The largest absolute Gasteiger partial charge is 0.332 e. The SMILES string of the molecule is Cc1ccc(NC(=S)Nc2ccc(C)c(C)c2)cc1C. The van der Waals surface area contributed by atoms with Gasteiger partial charge in [-0.25, -0.2) is 0 Å². The van der Waals surface area contributed by atoms with Crippen LogP contribution in [0.1, 0.15) is 22.3 Å². The Balaban J connectivity index is 2.04. The second-order valence-electron chi connectivity index (χ2n) is 5.18. The average Bonchev–Trinajstić information content (AvgIpc) is 2.38. The molecule has 0 aliphatic rings. The van der Waals surface area contributed by atoms with Crippen LogP contribution in [0.15, 0.2) is 36.4 Å². The molecule has 2 aromatic carbocycles. The number of hydrogen-bond donors (Lipinski definition) is 2. The first-order chi connectivity index (χ1) is 9.45. The molecule has 0 aliphatic heterocycles. The standard InChI is InChI=1S/C17H20N2S/c1-11-5-7-15(9-13(11)3)18-17(20)19-16-8-6-12(2)14(4)10-16/h5-10H,1-4H3,(H2,18,19,20). The van der Waals surface area contributed by atoms with Crippen LogP contribution in [0.5, 0.6) is 0 Å². The van der Waals surface area contributed by atoms with Crippen LogP contribution < -0.4 is 10.6 Å². The molecular formula is C17H20N2S. The highest BCUT2D eigenvalue weighted by Gasteiger charge is 2.01. The zero-order valence-electron chi connectivity index (χ0n) is 12.4. The van der Waals surface area contributed by atoms with Gasteiger partial charge in [0.2, 0.25) is 0 Å². The van der Waals surface area contributed by atoms with Gasteiger partial charge in [0.1, 0.15) is 0 Å². The first-order valence-electron chi connectivity index (χ1n) is 6.68. The Kier molecular flexibility index (Phi) is 4.40. The number of aryl methyl sites for hydroxylation is 4. The molecule has 3 heteroatoms. The molecule has 0 bridgehead atoms. The van der Waals surface area contributed by atoms with Gasteiger partial charge in [-0.05, 0) is 86.4 Å². The van der Waals surface area contributed by atoms with Gasteiger partial charge in [-0.3, -0.25) is 0 Å². The van der Waals surface area contributed by atoms with E-state index in [4.69, 9.17) is 12.2 Å². The zero-order valence-corrected chi connectivity index (χ0v) is 13.2. The third kappa shape index (κ3) is 3.58. The lowest BCUT2D eigenvalue weighted by Crippen LogP contribution is -2.19. The van der Waals surface area contributed by atoms with Crippen LogP contribution in [-0.2, 0) is 0 Å². The van der Waals surface area contributed by atoms with Gasteiger partial charge in [0.15, 0.2) is 5.11 Å². The monoisotopic (exact) mass is 284 g/mol. The molecule has 0 fully saturated rings. The number of anilines is 2. The zero-order chi connectivity index (χ0) is 14.7. The summed E-state index contributed by atoms with van der Waals surface area (Å²) in [4.78, 5) is 0. The van der Waals surface area contributed by atoms with E-state index >= 15 is 0 Å². The number of benzene rings is 2. The quantitative estimate of drug-likeness (QED) is 0.780. The van der Waals surface area contributed by atoms with E-state index in [9.17, 15) is 0 Å². The highest BCUT2D eigenvalue weighted by atomic mass is 32.1. The lowest BCUT2D eigenvalue weighted by atomic mass is 10.1. The molecule has 20 heavy (non-hydrogen) atoms. The normalized spacial score (nSPS) is 10.2. The average molecular weight is 284 g/mol. The first kappa shape index (κ1) is 14.5. The Morgan fingerprint density at radius 1 is 0.700 bits per heavy atom. The highest BCUT2D eigenvalue weighted by Crippen LogP contribution is 2.16.